The van der Waals surface area contributed by atoms with Gasteiger partial charge in [-0.15, -0.1) is 0 Å². The van der Waals surface area contributed by atoms with Gasteiger partial charge in [-0.25, -0.2) is 15.0 Å². The Balaban J connectivity index is 1.27. The van der Waals surface area contributed by atoms with Crippen molar-refractivity contribution in [2.45, 2.75) is 6.18 Å². The number of alkyl halides is 3. The van der Waals surface area contributed by atoms with E-state index in [9.17, 15) is 18.0 Å². The third-order valence-corrected chi connectivity index (χ3v) is 5.59. The maximum absolute atomic E-state index is 13.0. The zero-order valence-electron chi connectivity index (χ0n) is 18.0. The number of anilines is 2. The minimum absolute atomic E-state index is 0.212. The third kappa shape index (κ3) is 4.57. The highest BCUT2D eigenvalue weighted by atomic mass is 19.4. The molecular weight excluding hydrogens is 449 g/mol. The summed E-state index contributed by atoms with van der Waals surface area (Å²) in [4.78, 5) is 29.2. The molecule has 0 bridgehead atoms. The molecule has 176 valence electrons. The summed E-state index contributed by atoms with van der Waals surface area (Å²) in [6.45, 7) is 0.625. The standard InChI is InChI=1S/C22H21F3N8O/c23-22(24,25)14-30-9-11-31(12-10-30)18-5-4-16(13-27-18)28-21(34)20-29-19(32-8-6-26-15-32)17-3-1-2-7-33(17)20/h1-8,13,15H,9-12,14H2,(H,28,34). The Morgan fingerprint density at radius 2 is 1.88 bits per heavy atom. The van der Waals surface area contributed by atoms with Crippen LogP contribution in [0.1, 0.15) is 10.6 Å². The minimum Gasteiger partial charge on any atom is -0.354 e. The summed E-state index contributed by atoms with van der Waals surface area (Å²) in [6, 6.07) is 9.01. The maximum Gasteiger partial charge on any atom is 0.401 e. The molecule has 1 aliphatic heterocycles. The average Bonchev–Trinajstić information content (AvgIpc) is 3.47. The maximum atomic E-state index is 13.0. The highest BCUT2D eigenvalue weighted by molar-refractivity contribution is 6.02. The number of imidazole rings is 2. The van der Waals surface area contributed by atoms with E-state index in [-0.39, 0.29) is 5.82 Å². The fraction of sp³-hybridized carbons (Fsp3) is 0.273. The highest BCUT2D eigenvalue weighted by Gasteiger charge is 2.32. The van der Waals surface area contributed by atoms with E-state index in [4.69, 9.17) is 0 Å². The van der Waals surface area contributed by atoms with Crippen LogP contribution in [0.5, 0.6) is 0 Å². The van der Waals surface area contributed by atoms with Gasteiger partial charge in [-0.1, -0.05) is 6.07 Å². The van der Waals surface area contributed by atoms with Crippen molar-refractivity contribution in [3.8, 4) is 5.82 Å². The van der Waals surface area contributed by atoms with Gasteiger partial charge in [0, 0.05) is 44.8 Å². The van der Waals surface area contributed by atoms with E-state index < -0.39 is 18.6 Å². The molecule has 5 heterocycles. The van der Waals surface area contributed by atoms with Crippen molar-refractivity contribution in [1.29, 1.82) is 0 Å². The number of rotatable bonds is 5. The topological polar surface area (TPSA) is 83.6 Å². The Labute approximate surface area is 192 Å². The number of hydrogen-bond acceptors (Lipinski definition) is 6. The zero-order chi connectivity index (χ0) is 23.7. The summed E-state index contributed by atoms with van der Waals surface area (Å²) in [5.74, 6) is 1.05. The fourth-order valence-corrected chi connectivity index (χ4v) is 3.98. The van der Waals surface area contributed by atoms with Crippen molar-refractivity contribution in [2.75, 3.05) is 42.9 Å². The van der Waals surface area contributed by atoms with E-state index in [1.807, 2.05) is 23.1 Å². The molecule has 9 nitrogen and oxygen atoms in total. The van der Waals surface area contributed by atoms with Crippen molar-refractivity contribution in [3.63, 3.8) is 0 Å². The summed E-state index contributed by atoms with van der Waals surface area (Å²) in [5, 5.41) is 2.81. The smallest absolute Gasteiger partial charge is 0.354 e. The molecule has 34 heavy (non-hydrogen) atoms. The molecular formula is C22H21F3N8O. The second-order valence-electron chi connectivity index (χ2n) is 7.92. The number of nitrogens with one attached hydrogen (secondary N) is 1. The summed E-state index contributed by atoms with van der Waals surface area (Å²) in [6.07, 6.45) is 4.10. The molecule has 4 aromatic heterocycles. The van der Waals surface area contributed by atoms with Crippen LogP contribution in [0.15, 0.2) is 61.4 Å². The van der Waals surface area contributed by atoms with Crippen molar-refractivity contribution in [1.82, 2.24) is 28.8 Å². The van der Waals surface area contributed by atoms with Crippen LogP contribution in [0, 0.1) is 0 Å². The van der Waals surface area contributed by atoms with E-state index in [1.165, 1.54) is 11.1 Å². The van der Waals surface area contributed by atoms with E-state index in [2.05, 4.69) is 20.3 Å². The molecule has 0 saturated carbocycles. The second-order valence-corrected chi connectivity index (χ2v) is 7.92. The predicted octanol–water partition coefficient (Wildman–Crippen LogP) is 2.85. The number of aromatic nitrogens is 5. The van der Waals surface area contributed by atoms with Gasteiger partial charge in [0.1, 0.15) is 12.1 Å². The Hall–Kier alpha value is -3.93. The molecule has 0 aromatic carbocycles. The Morgan fingerprint density at radius 1 is 1.06 bits per heavy atom. The number of carbonyl (C=O) groups excluding carboxylic acids is 1. The molecule has 0 unspecified atom stereocenters. The van der Waals surface area contributed by atoms with Gasteiger partial charge in [0.15, 0.2) is 5.82 Å². The van der Waals surface area contributed by atoms with Crippen LogP contribution in [0.3, 0.4) is 0 Å². The number of pyridine rings is 2. The van der Waals surface area contributed by atoms with Gasteiger partial charge in [0.25, 0.3) is 5.91 Å². The number of nitrogens with zero attached hydrogens (tertiary/aromatic N) is 7. The Kier molecular flexibility index (Phi) is 5.65. The molecule has 1 amide bonds. The molecule has 1 saturated heterocycles. The molecule has 0 aliphatic carbocycles. The van der Waals surface area contributed by atoms with Crippen LogP contribution in [0.4, 0.5) is 24.7 Å². The lowest BCUT2D eigenvalue weighted by molar-refractivity contribution is -0.146. The largest absolute Gasteiger partial charge is 0.401 e. The van der Waals surface area contributed by atoms with E-state index in [0.29, 0.717) is 43.5 Å². The number of amides is 1. The highest BCUT2D eigenvalue weighted by Crippen LogP contribution is 2.21. The van der Waals surface area contributed by atoms with Crippen LogP contribution in [0.2, 0.25) is 0 Å². The number of hydrogen-bond donors (Lipinski definition) is 1. The molecule has 0 atom stereocenters. The van der Waals surface area contributed by atoms with Crippen LogP contribution in [-0.2, 0) is 0 Å². The molecule has 12 heteroatoms. The lowest BCUT2D eigenvalue weighted by Gasteiger charge is -2.35. The van der Waals surface area contributed by atoms with E-state index in [1.54, 1.807) is 46.0 Å². The first-order valence-electron chi connectivity index (χ1n) is 10.6. The quantitative estimate of drug-likeness (QED) is 0.483. The van der Waals surface area contributed by atoms with E-state index in [0.717, 1.165) is 5.52 Å². The number of halogens is 3. The fourth-order valence-electron chi connectivity index (χ4n) is 3.98. The number of carbonyl (C=O) groups is 1. The predicted molar refractivity (Wildman–Crippen MR) is 119 cm³/mol. The van der Waals surface area contributed by atoms with Gasteiger partial charge < -0.3 is 10.2 Å². The SMILES string of the molecule is O=C(Nc1ccc(N2CCN(CC(F)(F)F)CC2)nc1)c1nc(-n2ccnc2)c2ccccn12. The Bertz CT molecular complexity index is 1280. The van der Waals surface area contributed by atoms with Crippen LogP contribution in [0.25, 0.3) is 11.3 Å². The van der Waals surface area contributed by atoms with Gasteiger partial charge in [0.05, 0.1) is 23.9 Å². The first kappa shape index (κ1) is 21.9. The van der Waals surface area contributed by atoms with Crippen LogP contribution >= 0.6 is 0 Å². The lowest BCUT2D eigenvalue weighted by Crippen LogP contribution is -2.49. The zero-order valence-corrected chi connectivity index (χ0v) is 18.0. The normalized spacial score (nSPS) is 15.1. The lowest BCUT2D eigenvalue weighted by atomic mass is 10.3. The molecule has 4 aromatic rings. The molecule has 5 rings (SSSR count). The van der Waals surface area contributed by atoms with Crippen LogP contribution < -0.4 is 10.2 Å². The molecule has 1 N–H and O–H groups in total. The first-order chi connectivity index (χ1) is 16.4. The van der Waals surface area contributed by atoms with Gasteiger partial charge in [-0.05, 0) is 24.3 Å². The summed E-state index contributed by atoms with van der Waals surface area (Å²) in [7, 11) is 0. The van der Waals surface area contributed by atoms with E-state index >= 15 is 0 Å². The Morgan fingerprint density at radius 3 is 2.56 bits per heavy atom. The van der Waals surface area contributed by atoms with Crippen molar-refractivity contribution < 1.29 is 18.0 Å². The van der Waals surface area contributed by atoms with Crippen LogP contribution in [-0.4, -0.2) is 73.6 Å². The number of piperazine rings is 1. The van der Waals surface area contributed by atoms with Gasteiger partial charge in [0.2, 0.25) is 5.82 Å². The summed E-state index contributed by atoms with van der Waals surface area (Å²) >= 11 is 0. The van der Waals surface area contributed by atoms with Gasteiger partial charge >= 0.3 is 6.18 Å². The molecule has 0 radical (unpaired) electrons. The van der Waals surface area contributed by atoms with Crippen molar-refractivity contribution in [2.24, 2.45) is 0 Å². The summed E-state index contributed by atoms with van der Waals surface area (Å²) in [5.41, 5.74) is 1.24. The first-order valence-corrected chi connectivity index (χ1v) is 10.6. The molecule has 1 aliphatic rings. The summed E-state index contributed by atoms with van der Waals surface area (Å²) < 4.78 is 41.2. The monoisotopic (exact) mass is 470 g/mol. The van der Waals surface area contributed by atoms with Crippen molar-refractivity contribution >= 4 is 22.9 Å². The van der Waals surface area contributed by atoms with Gasteiger partial charge in [-0.2, -0.15) is 13.2 Å². The molecule has 0 spiro atoms. The second kappa shape index (κ2) is 8.78. The van der Waals surface area contributed by atoms with Crippen molar-refractivity contribution in [3.05, 3.63) is 67.3 Å². The van der Waals surface area contributed by atoms with Gasteiger partial charge in [-0.3, -0.25) is 18.7 Å². The average molecular weight is 470 g/mol. The third-order valence-electron chi connectivity index (χ3n) is 5.59. The minimum atomic E-state index is -4.19. The molecule has 1 fully saturated rings. The number of fused-ring (bicyclic) bond motifs is 1.